The van der Waals surface area contributed by atoms with Crippen LogP contribution >= 0.6 is 15.9 Å². The molecule has 2 heterocycles. The molecule has 0 unspecified atom stereocenters. The van der Waals surface area contributed by atoms with Gasteiger partial charge in [-0.05, 0) is 56.2 Å². The van der Waals surface area contributed by atoms with E-state index in [-0.39, 0.29) is 5.78 Å². The molecule has 0 spiro atoms. The molecule has 0 radical (unpaired) electrons. The molecule has 4 heteroatoms. The van der Waals surface area contributed by atoms with Gasteiger partial charge in [-0.25, -0.2) is 4.52 Å². The van der Waals surface area contributed by atoms with Gasteiger partial charge in [-0.15, -0.1) is 0 Å². The fourth-order valence-corrected chi connectivity index (χ4v) is 3.03. The minimum absolute atomic E-state index is 0.0456. The molecule has 23 heavy (non-hydrogen) atoms. The maximum atomic E-state index is 13.1. The molecule has 0 saturated heterocycles. The van der Waals surface area contributed by atoms with Crippen molar-refractivity contribution in [2.75, 3.05) is 0 Å². The number of pyridine rings is 1. The van der Waals surface area contributed by atoms with Crippen molar-refractivity contribution in [3.05, 3.63) is 69.5 Å². The summed E-state index contributed by atoms with van der Waals surface area (Å²) < 4.78 is 2.85. The molecule has 0 atom stereocenters. The third kappa shape index (κ3) is 3.08. The molecule has 0 bridgehead atoms. The maximum Gasteiger partial charge on any atom is 0.197 e. The minimum Gasteiger partial charge on any atom is -0.288 e. The lowest BCUT2D eigenvalue weighted by Gasteiger charge is -2.03. The Hall–Kier alpha value is -1.94. The van der Waals surface area contributed by atoms with Gasteiger partial charge in [0.2, 0.25) is 0 Å². The molecular weight excluding hydrogens is 352 g/mol. The summed E-state index contributed by atoms with van der Waals surface area (Å²) in [7, 11) is 0. The highest BCUT2D eigenvalue weighted by molar-refractivity contribution is 9.10. The second-order valence-electron chi connectivity index (χ2n) is 5.73. The van der Waals surface area contributed by atoms with Crippen LogP contribution in [0.2, 0.25) is 0 Å². The summed E-state index contributed by atoms with van der Waals surface area (Å²) in [5.74, 6) is 0.0456. The van der Waals surface area contributed by atoms with Gasteiger partial charge in [-0.1, -0.05) is 35.3 Å². The van der Waals surface area contributed by atoms with E-state index in [1.807, 2.05) is 53.9 Å². The van der Waals surface area contributed by atoms with Crippen molar-refractivity contribution in [1.82, 2.24) is 9.61 Å². The lowest BCUT2D eigenvalue weighted by molar-refractivity contribution is 0.103. The van der Waals surface area contributed by atoms with Crippen LogP contribution in [0.15, 0.2) is 46.9 Å². The van der Waals surface area contributed by atoms with E-state index in [4.69, 9.17) is 5.10 Å². The van der Waals surface area contributed by atoms with Crippen molar-refractivity contribution >= 4 is 27.2 Å². The standard InChI is InChI=1S/C19H19BrN2O/c1-3-4-7-16-18(17-8-5-6-13(2)22(17)21-16)19(23)14-9-11-15(20)12-10-14/h5-6,8-12H,3-4,7H2,1-2H3. The smallest absolute Gasteiger partial charge is 0.197 e. The number of unbranched alkanes of at least 4 members (excludes halogenated alkanes) is 1. The normalized spacial score (nSPS) is 11.1. The summed E-state index contributed by atoms with van der Waals surface area (Å²) in [5.41, 5.74) is 4.26. The third-order valence-electron chi connectivity index (χ3n) is 4.02. The van der Waals surface area contributed by atoms with Crippen molar-refractivity contribution in [2.24, 2.45) is 0 Å². The van der Waals surface area contributed by atoms with Crippen LogP contribution in [0.25, 0.3) is 5.52 Å². The van der Waals surface area contributed by atoms with Gasteiger partial charge < -0.3 is 0 Å². The molecule has 118 valence electrons. The first-order valence-corrected chi connectivity index (χ1v) is 8.68. The van der Waals surface area contributed by atoms with E-state index in [1.165, 1.54) is 0 Å². The van der Waals surface area contributed by atoms with Crippen LogP contribution in [0, 0.1) is 6.92 Å². The number of aryl methyl sites for hydroxylation is 2. The summed E-state index contributed by atoms with van der Waals surface area (Å²) in [4.78, 5) is 13.1. The lowest BCUT2D eigenvalue weighted by atomic mass is 9.99. The largest absolute Gasteiger partial charge is 0.288 e. The third-order valence-corrected chi connectivity index (χ3v) is 4.55. The van der Waals surface area contributed by atoms with E-state index < -0.39 is 0 Å². The number of carbonyl (C=O) groups is 1. The number of hydrogen-bond donors (Lipinski definition) is 0. The first-order valence-electron chi connectivity index (χ1n) is 7.89. The summed E-state index contributed by atoms with van der Waals surface area (Å²) >= 11 is 3.41. The second-order valence-corrected chi connectivity index (χ2v) is 6.64. The Balaban J connectivity index is 2.15. The number of hydrogen-bond acceptors (Lipinski definition) is 2. The van der Waals surface area contributed by atoms with Crippen LogP contribution in [-0.4, -0.2) is 15.4 Å². The molecule has 2 aromatic heterocycles. The molecule has 1 aromatic carbocycles. The molecule has 0 aliphatic carbocycles. The Morgan fingerprint density at radius 3 is 2.61 bits per heavy atom. The quantitative estimate of drug-likeness (QED) is 0.593. The highest BCUT2D eigenvalue weighted by Gasteiger charge is 2.21. The Kier molecular flexibility index (Phi) is 4.62. The second kappa shape index (κ2) is 6.67. The SMILES string of the molecule is CCCCc1nn2c(C)cccc2c1C(=O)c1ccc(Br)cc1. The average Bonchev–Trinajstić information content (AvgIpc) is 2.93. The van der Waals surface area contributed by atoms with Gasteiger partial charge in [0.25, 0.3) is 0 Å². The van der Waals surface area contributed by atoms with E-state index in [2.05, 4.69) is 22.9 Å². The first-order chi connectivity index (χ1) is 11.1. The molecule has 0 amide bonds. The molecular formula is C19H19BrN2O. The van der Waals surface area contributed by atoms with Crippen LogP contribution in [0.3, 0.4) is 0 Å². The summed E-state index contributed by atoms with van der Waals surface area (Å²) in [6.45, 7) is 4.16. The average molecular weight is 371 g/mol. The first kappa shape index (κ1) is 15.9. The molecule has 0 aliphatic rings. The Morgan fingerprint density at radius 1 is 1.17 bits per heavy atom. The van der Waals surface area contributed by atoms with Crippen LogP contribution in [-0.2, 0) is 6.42 Å². The predicted octanol–water partition coefficient (Wildman–Crippen LogP) is 4.98. The van der Waals surface area contributed by atoms with Crippen LogP contribution < -0.4 is 0 Å². The fourth-order valence-electron chi connectivity index (χ4n) is 2.76. The monoisotopic (exact) mass is 370 g/mol. The summed E-state index contributed by atoms with van der Waals surface area (Å²) in [6, 6.07) is 13.5. The lowest BCUT2D eigenvalue weighted by Crippen LogP contribution is -2.04. The number of halogens is 1. The van der Waals surface area contributed by atoms with Crippen LogP contribution in [0.4, 0.5) is 0 Å². The molecule has 0 N–H and O–H groups in total. The van der Waals surface area contributed by atoms with Gasteiger partial charge >= 0.3 is 0 Å². The van der Waals surface area contributed by atoms with Gasteiger partial charge in [-0.2, -0.15) is 5.10 Å². The number of benzene rings is 1. The number of ketones is 1. The number of aromatic nitrogens is 2. The molecule has 0 aliphatic heterocycles. The maximum absolute atomic E-state index is 13.1. The Morgan fingerprint density at radius 2 is 1.91 bits per heavy atom. The van der Waals surface area contributed by atoms with Crippen molar-refractivity contribution in [3.63, 3.8) is 0 Å². The summed E-state index contributed by atoms with van der Waals surface area (Å²) in [5, 5.41) is 4.70. The zero-order chi connectivity index (χ0) is 16.4. The zero-order valence-corrected chi connectivity index (χ0v) is 14.9. The minimum atomic E-state index is 0.0456. The van der Waals surface area contributed by atoms with Crippen molar-refractivity contribution in [1.29, 1.82) is 0 Å². The van der Waals surface area contributed by atoms with Gasteiger partial charge in [0.05, 0.1) is 16.8 Å². The number of fused-ring (bicyclic) bond motifs is 1. The molecule has 3 nitrogen and oxygen atoms in total. The highest BCUT2D eigenvalue weighted by Crippen LogP contribution is 2.23. The summed E-state index contributed by atoms with van der Waals surface area (Å²) in [6.07, 6.45) is 2.94. The van der Waals surface area contributed by atoms with Gasteiger partial charge in [0.15, 0.2) is 5.78 Å². The van der Waals surface area contributed by atoms with Crippen molar-refractivity contribution in [2.45, 2.75) is 33.1 Å². The van der Waals surface area contributed by atoms with Gasteiger partial charge in [0.1, 0.15) is 0 Å². The number of rotatable bonds is 5. The predicted molar refractivity (Wildman–Crippen MR) is 96.1 cm³/mol. The molecule has 0 fully saturated rings. The molecule has 3 rings (SSSR count). The highest BCUT2D eigenvalue weighted by atomic mass is 79.9. The van der Waals surface area contributed by atoms with Crippen molar-refractivity contribution in [3.8, 4) is 0 Å². The van der Waals surface area contributed by atoms with E-state index in [1.54, 1.807) is 0 Å². The van der Waals surface area contributed by atoms with Gasteiger partial charge in [0, 0.05) is 15.7 Å². The van der Waals surface area contributed by atoms with E-state index in [0.717, 1.165) is 46.2 Å². The topological polar surface area (TPSA) is 34.4 Å². The van der Waals surface area contributed by atoms with E-state index in [9.17, 15) is 4.79 Å². The zero-order valence-electron chi connectivity index (χ0n) is 13.3. The van der Waals surface area contributed by atoms with E-state index >= 15 is 0 Å². The van der Waals surface area contributed by atoms with Crippen molar-refractivity contribution < 1.29 is 4.79 Å². The Labute approximate surface area is 144 Å². The van der Waals surface area contributed by atoms with Gasteiger partial charge in [-0.3, -0.25) is 4.79 Å². The molecule has 3 aromatic rings. The fraction of sp³-hybridized carbons (Fsp3) is 0.263. The van der Waals surface area contributed by atoms with Crippen LogP contribution in [0.5, 0.6) is 0 Å². The number of carbonyl (C=O) groups excluding carboxylic acids is 1. The Bertz CT molecular complexity index is 850. The van der Waals surface area contributed by atoms with E-state index in [0.29, 0.717) is 5.56 Å². The molecule has 0 saturated carbocycles. The van der Waals surface area contributed by atoms with Crippen LogP contribution in [0.1, 0.15) is 47.1 Å². The number of nitrogens with zero attached hydrogens (tertiary/aromatic N) is 2.